The topological polar surface area (TPSA) is 83.8 Å². The molecule has 1 aliphatic carbocycles. The van der Waals surface area contributed by atoms with E-state index in [2.05, 4.69) is 0 Å². The summed E-state index contributed by atoms with van der Waals surface area (Å²) < 4.78 is 5.85. The Kier molecular flexibility index (Phi) is 5.36. The third-order valence-electron chi connectivity index (χ3n) is 5.10. The van der Waals surface area contributed by atoms with Crippen LogP contribution in [-0.4, -0.2) is 22.2 Å². The standard InChI is InChI=1S/C23H22O5/c1-15-7-9-18(10-8-15)28-14-17-5-3-4-6-20(17)23(22(26)27)12-11-16(2)19(13-23)21(24)25/h3-12H,13-14H2,1-2H3,(H,24,25)(H,26,27). The van der Waals surface area contributed by atoms with Gasteiger partial charge in [-0.2, -0.15) is 0 Å². The summed E-state index contributed by atoms with van der Waals surface area (Å²) in [6, 6.07) is 14.7. The Hall–Kier alpha value is -3.34. The number of benzene rings is 2. The molecule has 0 bridgehead atoms. The maximum absolute atomic E-state index is 12.3. The molecule has 2 aromatic rings. The lowest BCUT2D eigenvalue weighted by molar-refractivity contribution is -0.142. The zero-order valence-electron chi connectivity index (χ0n) is 15.8. The number of rotatable bonds is 6. The van der Waals surface area contributed by atoms with Gasteiger partial charge in [0.15, 0.2) is 0 Å². The van der Waals surface area contributed by atoms with Gasteiger partial charge in [0, 0.05) is 12.0 Å². The SMILES string of the molecule is CC1=C(C(=O)O)CC(C(=O)O)(c2ccccc2COc2ccc(C)cc2)C=C1. The minimum absolute atomic E-state index is 0.110. The minimum Gasteiger partial charge on any atom is -0.489 e. The molecule has 0 saturated heterocycles. The van der Waals surface area contributed by atoms with Gasteiger partial charge in [-0.25, -0.2) is 4.79 Å². The van der Waals surface area contributed by atoms with E-state index < -0.39 is 17.4 Å². The lowest BCUT2D eigenvalue weighted by atomic mass is 9.70. The minimum atomic E-state index is -1.44. The van der Waals surface area contributed by atoms with Crippen molar-refractivity contribution in [1.29, 1.82) is 0 Å². The van der Waals surface area contributed by atoms with Gasteiger partial charge in [-0.15, -0.1) is 0 Å². The average Bonchev–Trinajstić information content (AvgIpc) is 2.68. The van der Waals surface area contributed by atoms with Crippen molar-refractivity contribution in [2.24, 2.45) is 0 Å². The number of allylic oxidation sites excluding steroid dienone is 2. The Bertz CT molecular complexity index is 969. The van der Waals surface area contributed by atoms with E-state index in [1.807, 2.05) is 43.3 Å². The largest absolute Gasteiger partial charge is 0.489 e. The van der Waals surface area contributed by atoms with Crippen LogP contribution in [0, 0.1) is 6.92 Å². The van der Waals surface area contributed by atoms with E-state index in [9.17, 15) is 19.8 Å². The van der Waals surface area contributed by atoms with Gasteiger partial charge in [0.2, 0.25) is 0 Å². The molecule has 28 heavy (non-hydrogen) atoms. The number of ether oxygens (including phenoxy) is 1. The highest BCUT2D eigenvalue weighted by molar-refractivity contribution is 5.94. The number of hydrogen-bond acceptors (Lipinski definition) is 3. The van der Waals surface area contributed by atoms with Crippen LogP contribution in [0.15, 0.2) is 71.8 Å². The van der Waals surface area contributed by atoms with E-state index >= 15 is 0 Å². The number of aliphatic carboxylic acids is 2. The number of carboxylic acids is 2. The first-order valence-corrected chi connectivity index (χ1v) is 8.97. The Labute approximate surface area is 163 Å². The van der Waals surface area contributed by atoms with Crippen LogP contribution in [0.5, 0.6) is 5.75 Å². The van der Waals surface area contributed by atoms with Crippen LogP contribution in [-0.2, 0) is 21.6 Å². The molecular weight excluding hydrogens is 356 g/mol. The van der Waals surface area contributed by atoms with E-state index in [1.54, 1.807) is 31.2 Å². The van der Waals surface area contributed by atoms with Crippen LogP contribution in [0.3, 0.4) is 0 Å². The predicted molar refractivity (Wildman–Crippen MR) is 105 cm³/mol. The second kappa shape index (κ2) is 7.72. The van der Waals surface area contributed by atoms with Gasteiger partial charge in [0.05, 0.1) is 0 Å². The predicted octanol–water partition coefficient (Wildman–Crippen LogP) is 4.26. The molecule has 1 aliphatic rings. The third-order valence-corrected chi connectivity index (χ3v) is 5.10. The summed E-state index contributed by atoms with van der Waals surface area (Å²) in [7, 11) is 0. The first-order chi connectivity index (χ1) is 13.3. The lowest BCUT2D eigenvalue weighted by Crippen LogP contribution is -2.38. The first kappa shape index (κ1) is 19.4. The van der Waals surface area contributed by atoms with Gasteiger partial charge in [-0.05, 0) is 42.7 Å². The summed E-state index contributed by atoms with van der Waals surface area (Å²) in [5, 5.41) is 19.6. The fourth-order valence-corrected chi connectivity index (χ4v) is 3.41. The number of aryl methyl sites for hydroxylation is 1. The Morgan fingerprint density at radius 1 is 1.04 bits per heavy atom. The van der Waals surface area contributed by atoms with Crippen molar-refractivity contribution >= 4 is 11.9 Å². The summed E-state index contributed by atoms with van der Waals surface area (Å²) in [5.74, 6) is -1.50. The maximum atomic E-state index is 12.3. The zero-order valence-corrected chi connectivity index (χ0v) is 15.8. The first-order valence-electron chi connectivity index (χ1n) is 8.97. The van der Waals surface area contributed by atoms with Crippen molar-refractivity contribution in [3.8, 4) is 5.75 Å². The van der Waals surface area contributed by atoms with E-state index in [4.69, 9.17) is 4.74 Å². The highest BCUT2D eigenvalue weighted by atomic mass is 16.5. The Balaban J connectivity index is 1.97. The molecule has 2 aromatic carbocycles. The molecule has 0 radical (unpaired) electrons. The Morgan fingerprint density at radius 3 is 2.36 bits per heavy atom. The zero-order chi connectivity index (χ0) is 20.3. The normalized spacial score (nSPS) is 18.8. The van der Waals surface area contributed by atoms with Crippen molar-refractivity contribution in [3.63, 3.8) is 0 Å². The van der Waals surface area contributed by atoms with Gasteiger partial charge < -0.3 is 14.9 Å². The molecule has 0 saturated carbocycles. The molecule has 5 heteroatoms. The fraction of sp³-hybridized carbons (Fsp3) is 0.217. The van der Waals surface area contributed by atoms with Crippen LogP contribution in [0.2, 0.25) is 0 Å². The summed E-state index contributed by atoms with van der Waals surface area (Å²) in [6.07, 6.45) is 3.06. The van der Waals surface area contributed by atoms with Crippen LogP contribution < -0.4 is 4.74 Å². The molecule has 0 amide bonds. The lowest BCUT2D eigenvalue weighted by Gasteiger charge is -2.32. The summed E-state index contributed by atoms with van der Waals surface area (Å²) >= 11 is 0. The highest BCUT2D eigenvalue weighted by Gasteiger charge is 2.43. The highest BCUT2D eigenvalue weighted by Crippen LogP contribution is 2.40. The smallest absolute Gasteiger partial charge is 0.331 e. The molecule has 3 rings (SSSR count). The number of hydrogen-bond donors (Lipinski definition) is 2. The van der Waals surface area contributed by atoms with Crippen LogP contribution in [0.4, 0.5) is 0 Å². The molecule has 0 aliphatic heterocycles. The molecular formula is C23H22O5. The van der Waals surface area contributed by atoms with Crippen molar-refractivity contribution in [3.05, 3.63) is 88.5 Å². The maximum Gasteiger partial charge on any atom is 0.331 e. The molecule has 0 aromatic heterocycles. The van der Waals surface area contributed by atoms with Crippen molar-refractivity contribution < 1.29 is 24.5 Å². The monoisotopic (exact) mass is 378 g/mol. The quantitative estimate of drug-likeness (QED) is 0.785. The van der Waals surface area contributed by atoms with E-state index in [-0.39, 0.29) is 18.6 Å². The van der Waals surface area contributed by atoms with Gasteiger partial charge in [-0.1, -0.05) is 54.1 Å². The number of carboxylic acid groups (broad SMARTS) is 2. The third kappa shape index (κ3) is 3.69. The van der Waals surface area contributed by atoms with Crippen molar-refractivity contribution in [2.75, 3.05) is 0 Å². The average molecular weight is 378 g/mol. The molecule has 5 nitrogen and oxygen atoms in total. The van der Waals surface area contributed by atoms with E-state index in [0.717, 1.165) is 5.56 Å². The molecule has 144 valence electrons. The second-order valence-corrected chi connectivity index (χ2v) is 7.01. The van der Waals surface area contributed by atoms with E-state index in [1.165, 1.54) is 0 Å². The van der Waals surface area contributed by atoms with Gasteiger partial charge in [0.1, 0.15) is 17.8 Å². The summed E-state index contributed by atoms with van der Waals surface area (Å²) in [4.78, 5) is 23.9. The van der Waals surface area contributed by atoms with E-state index in [0.29, 0.717) is 22.4 Å². The molecule has 0 heterocycles. The number of carbonyl (C=O) groups is 2. The van der Waals surface area contributed by atoms with Crippen LogP contribution in [0.1, 0.15) is 30.0 Å². The van der Waals surface area contributed by atoms with Gasteiger partial charge >= 0.3 is 11.9 Å². The molecule has 1 atom stereocenters. The van der Waals surface area contributed by atoms with Gasteiger partial charge in [-0.3, -0.25) is 4.79 Å². The molecule has 0 fully saturated rings. The van der Waals surface area contributed by atoms with Crippen molar-refractivity contribution in [2.45, 2.75) is 32.3 Å². The molecule has 2 N–H and O–H groups in total. The summed E-state index contributed by atoms with van der Waals surface area (Å²) in [6.45, 7) is 3.85. The fourth-order valence-electron chi connectivity index (χ4n) is 3.41. The molecule has 0 spiro atoms. The summed E-state index contributed by atoms with van der Waals surface area (Å²) in [5.41, 5.74) is 1.60. The van der Waals surface area contributed by atoms with Crippen molar-refractivity contribution in [1.82, 2.24) is 0 Å². The van der Waals surface area contributed by atoms with Crippen LogP contribution in [0.25, 0.3) is 0 Å². The molecule has 1 unspecified atom stereocenters. The second-order valence-electron chi connectivity index (χ2n) is 7.01. The Morgan fingerprint density at radius 2 is 1.71 bits per heavy atom. The van der Waals surface area contributed by atoms with Gasteiger partial charge in [0.25, 0.3) is 0 Å². The van der Waals surface area contributed by atoms with Crippen LogP contribution >= 0.6 is 0 Å².